The summed E-state index contributed by atoms with van der Waals surface area (Å²) in [6.07, 6.45) is 4.14. The first-order chi connectivity index (χ1) is 15.5. The average Bonchev–Trinajstić information content (AvgIpc) is 3.66. The number of hydrogen-bond acceptors (Lipinski definition) is 3. The molecule has 0 bridgehead atoms. The molecule has 2 aromatic carbocycles. The molecule has 1 N–H and O–H groups in total. The zero-order valence-corrected chi connectivity index (χ0v) is 18.4. The monoisotopic (exact) mass is 436 g/mol. The lowest BCUT2D eigenvalue weighted by Crippen LogP contribution is -2.41. The average molecular weight is 437 g/mol. The van der Waals surface area contributed by atoms with Gasteiger partial charge in [0.2, 0.25) is 5.91 Å². The fourth-order valence-corrected chi connectivity index (χ4v) is 4.25. The van der Waals surface area contributed by atoms with E-state index in [4.69, 9.17) is 4.74 Å². The summed E-state index contributed by atoms with van der Waals surface area (Å²) in [6, 6.07) is 11.9. The van der Waals surface area contributed by atoms with Crippen LogP contribution in [0.5, 0.6) is 5.75 Å². The van der Waals surface area contributed by atoms with Crippen molar-refractivity contribution in [3.05, 3.63) is 77.6 Å². The Morgan fingerprint density at radius 3 is 2.66 bits per heavy atom. The molecule has 6 heteroatoms. The third-order valence-corrected chi connectivity index (χ3v) is 6.10. The fraction of sp³-hybridized carbons (Fsp3) is 0.385. The molecule has 1 saturated carbocycles. The van der Waals surface area contributed by atoms with Crippen LogP contribution in [0.1, 0.15) is 48.9 Å². The van der Waals surface area contributed by atoms with Gasteiger partial charge in [-0.15, -0.1) is 6.58 Å². The first-order valence-electron chi connectivity index (χ1n) is 11.3. The van der Waals surface area contributed by atoms with Gasteiger partial charge in [-0.3, -0.25) is 9.59 Å². The van der Waals surface area contributed by atoms with E-state index in [2.05, 4.69) is 11.9 Å². The Labute approximate surface area is 188 Å². The third-order valence-electron chi connectivity index (χ3n) is 6.10. The number of nitrogens with one attached hydrogen (secondary N) is 1. The summed E-state index contributed by atoms with van der Waals surface area (Å²) < 4.78 is 19.6. The van der Waals surface area contributed by atoms with Gasteiger partial charge in [0.15, 0.2) is 6.10 Å². The quantitative estimate of drug-likeness (QED) is 0.632. The minimum Gasteiger partial charge on any atom is -0.481 e. The normalized spacial score (nSPS) is 18.4. The Kier molecular flexibility index (Phi) is 6.58. The largest absolute Gasteiger partial charge is 0.481 e. The Hall–Kier alpha value is -3.15. The van der Waals surface area contributed by atoms with Crippen molar-refractivity contribution in [3.63, 3.8) is 0 Å². The van der Waals surface area contributed by atoms with Crippen LogP contribution in [0.15, 0.2) is 55.1 Å². The van der Waals surface area contributed by atoms with Crippen LogP contribution in [0.2, 0.25) is 0 Å². The molecule has 4 rings (SSSR count). The lowest BCUT2D eigenvalue weighted by Gasteiger charge is -2.38. The van der Waals surface area contributed by atoms with Gasteiger partial charge in [-0.1, -0.05) is 31.2 Å². The van der Waals surface area contributed by atoms with E-state index in [9.17, 15) is 14.0 Å². The summed E-state index contributed by atoms with van der Waals surface area (Å²) in [4.78, 5) is 27.4. The van der Waals surface area contributed by atoms with Crippen LogP contribution in [-0.2, 0) is 16.0 Å². The number of carbonyl (C=O) groups is 2. The van der Waals surface area contributed by atoms with Crippen molar-refractivity contribution in [1.29, 1.82) is 0 Å². The summed E-state index contributed by atoms with van der Waals surface area (Å²) in [5.74, 6) is 0.338. The number of carbonyl (C=O) groups excluding carboxylic acids is 2. The van der Waals surface area contributed by atoms with Crippen molar-refractivity contribution in [2.75, 3.05) is 13.1 Å². The first kappa shape index (κ1) is 22.1. The minimum absolute atomic E-state index is 0.0944. The smallest absolute Gasteiger partial charge is 0.261 e. The highest BCUT2D eigenvalue weighted by atomic mass is 19.1. The maximum absolute atomic E-state index is 13.6. The molecule has 1 aliphatic heterocycles. The van der Waals surface area contributed by atoms with Gasteiger partial charge < -0.3 is 15.0 Å². The van der Waals surface area contributed by atoms with Gasteiger partial charge in [0.05, 0.1) is 6.04 Å². The third kappa shape index (κ3) is 4.69. The van der Waals surface area contributed by atoms with E-state index < -0.39 is 6.10 Å². The lowest BCUT2D eigenvalue weighted by molar-refractivity contribution is -0.134. The van der Waals surface area contributed by atoms with Gasteiger partial charge in [0, 0.05) is 19.0 Å². The molecule has 0 radical (unpaired) electrons. The van der Waals surface area contributed by atoms with E-state index in [1.165, 1.54) is 12.1 Å². The summed E-state index contributed by atoms with van der Waals surface area (Å²) in [5, 5.41) is 2.78. The molecule has 1 heterocycles. The van der Waals surface area contributed by atoms with Gasteiger partial charge in [-0.25, -0.2) is 4.39 Å². The van der Waals surface area contributed by atoms with Crippen molar-refractivity contribution in [1.82, 2.24) is 10.2 Å². The highest BCUT2D eigenvalue weighted by Gasteiger charge is 2.39. The number of ether oxygens (including phenoxy) is 1. The van der Waals surface area contributed by atoms with Gasteiger partial charge in [0.1, 0.15) is 11.6 Å². The molecule has 2 aromatic rings. The van der Waals surface area contributed by atoms with Crippen LogP contribution in [0, 0.1) is 11.7 Å². The molecule has 32 heavy (non-hydrogen) atoms. The number of hydrogen-bond donors (Lipinski definition) is 1. The van der Waals surface area contributed by atoms with E-state index in [-0.39, 0.29) is 29.6 Å². The summed E-state index contributed by atoms with van der Waals surface area (Å²) in [7, 11) is 0. The maximum Gasteiger partial charge on any atom is 0.261 e. The lowest BCUT2D eigenvalue weighted by atomic mass is 9.87. The molecule has 1 fully saturated rings. The van der Waals surface area contributed by atoms with E-state index in [0.29, 0.717) is 25.3 Å². The van der Waals surface area contributed by atoms with Crippen molar-refractivity contribution < 1.29 is 18.7 Å². The molecule has 5 nitrogen and oxygen atoms in total. The molecule has 168 valence electrons. The van der Waals surface area contributed by atoms with E-state index >= 15 is 0 Å². The predicted octanol–water partition coefficient (Wildman–Crippen LogP) is 4.17. The number of nitrogens with zero attached hydrogens (tertiary/aromatic N) is 1. The van der Waals surface area contributed by atoms with Gasteiger partial charge in [-0.2, -0.15) is 0 Å². The highest BCUT2D eigenvalue weighted by Crippen LogP contribution is 2.41. The van der Waals surface area contributed by atoms with Crippen molar-refractivity contribution >= 4 is 11.8 Å². The van der Waals surface area contributed by atoms with Crippen LogP contribution in [0.3, 0.4) is 0 Å². The second kappa shape index (κ2) is 9.55. The minimum atomic E-state index is -0.620. The molecule has 1 aliphatic carbocycles. The SMILES string of the molecule is C=CCNC(=O)C(CC)Oc1ccc2c(c1)C(c1ccc(F)cc1)N(C(=O)C1CC1)CC2. The Balaban J connectivity index is 1.66. The zero-order chi connectivity index (χ0) is 22.7. The van der Waals surface area contributed by atoms with Crippen LogP contribution in [-0.4, -0.2) is 35.9 Å². The van der Waals surface area contributed by atoms with Crippen molar-refractivity contribution in [2.45, 2.75) is 44.8 Å². The second-order valence-electron chi connectivity index (χ2n) is 8.42. The molecule has 2 amide bonds. The number of fused-ring (bicyclic) bond motifs is 1. The Morgan fingerprint density at radius 1 is 1.25 bits per heavy atom. The number of benzene rings is 2. The molecule has 2 unspecified atom stereocenters. The van der Waals surface area contributed by atoms with E-state index in [1.807, 2.05) is 30.0 Å². The predicted molar refractivity (Wildman–Crippen MR) is 121 cm³/mol. The zero-order valence-electron chi connectivity index (χ0n) is 18.4. The van der Waals surface area contributed by atoms with Gasteiger partial charge in [0.25, 0.3) is 5.91 Å². The summed E-state index contributed by atoms with van der Waals surface area (Å²) in [6.45, 7) is 6.53. The number of rotatable bonds is 8. The second-order valence-corrected chi connectivity index (χ2v) is 8.42. The Bertz CT molecular complexity index is 1000. The van der Waals surface area contributed by atoms with Crippen LogP contribution in [0.4, 0.5) is 4.39 Å². The van der Waals surface area contributed by atoms with Gasteiger partial charge in [-0.05, 0) is 66.6 Å². The molecule has 2 aliphatic rings. The summed E-state index contributed by atoms with van der Waals surface area (Å²) >= 11 is 0. The van der Waals surface area contributed by atoms with E-state index in [0.717, 1.165) is 36.0 Å². The van der Waals surface area contributed by atoms with Gasteiger partial charge >= 0.3 is 0 Å². The fourth-order valence-electron chi connectivity index (χ4n) is 4.25. The highest BCUT2D eigenvalue weighted by molar-refractivity contribution is 5.82. The molecule has 0 spiro atoms. The van der Waals surface area contributed by atoms with Crippen LogP contribution in [0.25, 0.3) is 0 Å². The number of halogens is 1. The molecule has 2 atom stereocenters. The van der Waals surface area contributed by atoms with E-state index in [1.54, 1.807) is 18.2 Å². The summed E-state index contributed by atoms with van der Waals surface area (Å²) in [5.41, 5.74) is 2.97. The first-order valence-corrected chi connectivity index (χ1v) is 11.3. The van der Waals surface area contributed by atoms with Crippen LogP contribution >= 0.6 is 0 Å². The van der Waals surface area contributed by atoms with Crippen molar-refractivity contribution in [3.8, 4) is 5.75 Å². The molecule has 0 saturated heterocycles. The standard InChI is InChI=1S/C26H29FN2O3/c1-3-14-28-25(30)23(4-2)32-21-12-9-17-13-15-29(26(31)19-5-6-19)24(22(17)16-21)18-7-10-20(27)11-8-18/h3,7-12,16,19,23-24H,1,4-6,13-15H2,2H3,(H,28,30). The topological polar surface area (TPSA) is 58.6 Å². The molecule has 0 aromatic heterocycles. The maximum atomic E-state index is 13.6. The Morgan fingerprint density at radius 2 is 2.00 bits per heavy atom. The molecular formula is C26H29FN2O3. The van der Waals surface area contributed by atoms with Crippen LogP contribution < -0.4 is 10.1 Å². The van der Waals surface area contributed by atoms with Crippen molar-refractivity contribution in [2.24, 2.45) is 5.92 Å². The molecular weight excluding hydrogens is 407 g/mol. The number of amides is 2.